The summed E-state index contributed by atoms with van der Waals surface area (Å²) in [4.78, 5) is 20.7. The molecule has 1 amide bonds. The minimum absolute atomic E-state index is 0.129. The number of hydrogen-bond acceptors (Lipinski definition) is 3. The maximum Gasteiger partial charge on any atom is 0.230 e. The van der Waals surface area contributed by atoms with E-state index in [0.717, 1.165) is 44.3 Å². The Morgan fingerprint density at radius 1 is 1.29 bits per heavy atom. The first-order valence-corrected chi connectivity index (χ1v) is 8.51. The van der Waals surface area contributed by atoms with E-state index in [1.165, 1.54) is 16.1 Å². The average molecular weight is 298 g/mol. The van der Waals surface area contributed by atoms with Crippen molar-refractivity contribution in [3.05, 3.63) is 45.9 Å². The normalized spacial score (nSPS) is 20.8. The van der Waals surface area contributed by atoms with E-state index in [9.17, 15) is 4.79 Å². The second-order valence-electron chi connectivity index (χ2n) is 5.88. The number of anilines is 1. The van der Waals surface area contributed by atoms with E-state index < -0.39 is 0 Å². The zero-order valence-corrected chi connectivity index (χ0v) is 12.7. The lowest BCUT2D eigenvalue weighted by atomic mass is 9.89. The van der Waals surface area contributed by atoms with Gasteiger partial charge in [-0.1, -0.05) is 18.2 Å². The molecule has 2 heterocycles. The predicted octanol–water partition coefficient (Wildman–Crippen LogP) is 3.23. The zero-order chi connectivity index (χ0) is 14.2. The molecule has 0 fully saturated rings. The van der Waals surface area contributed by atoms with Crippen molar-refractivity contribution in [1.29, 1.82) is 0 Å². The standard InChI is InChI=1S/C17H18N2OS/c20-17(13-7-8-14-16(10-13)21-11-18-14)19-9-3-5-12-4-1-2-6-15(12)19/h1-2,4,6,11,13H,3,5,7-10H2. The molecule has 0 radical (unpaired) electrons. The van der Waals surface area contributed by atoms with Gasteiger partial charge in [-0.25, -0.2) is 4.98 Å². The van der Waals surface area contributed by atoms with Gasteiger partial charge in [0, 0.05) is 23.0 Å². The van der Waals surface area contributed by atoms with E-state index >= 15 is 0 Å². The van der Waals surface area contributed by atoms with Gasteiger partial charge in [-0.05, 0) is 43.7 Å². The van der Waals surface area contributed by atoms with E-state index in [4.69, 9.17) is 0 Å². The van der Waals surface area contributed by atoms with Crippen LogP contribution in [0.3, 0.4) is 0 Å². The lowest BCUT2D eigenvalue weighted by Gasteiger charge is -2.33. The highest BCUT2D eigenvalue weighted by Crippen LogP contribution is 2.33. The van der Waals surface area contributed by atoms with Crippen molar-refractivity contribution in [3.8, 4) is 0 Å². The van der Waals surface area contributed by atoms with Crippen LogP contribution in [0.2, 0.25) is 0 Å². The minimum Gasteiger partial charge on any atom is -0.312 e. The summed E-state index contributed by atoms with van der Waals surface area (Å²) in [7, 11) is 0. The van der Waals surface area contributed by atoms with E-state index in [2.05, 4.69) is 23.2 Å². The number of rotatable bonds is 1. The number of para-hydroxylation sites is 1. The molecular weight excluding hydrogens is 280 g/mol. The lowest BCUT2D eigenvalue weighted by Crippen LogP contribution is -2.41. The van der Waals surface area contributed by atoms with Crippen LogP contribution in [0.5, 0.6) is 0 Å². The molecule has 4 heteroatoms. The molecule has 0 saturated heterocycles. The van der Waals surface area contributed by atoms with Gasteiger partial charge in [0.1, 0.15) is 0 Å². The molecule has 108 valence electrons. The molecular formula is C17H18N2OS. The van der Waals surface area contributed by atoms with Gasteiger partial charge in [0.15, 0.2) is 0 Å². The first-order valence-electron chi connectivity index (χ1n) is 7.63. The van der Waals surface area contributed by atoms with Crippen molar-refractivity contribution in [3.63, 3.8) is 0 Å². The summed E-state index contributed by atoms with van der Waals surface area (Å²) in [6.07, 6.45) is 4.92. The SMILES string of the molecule is O=C(C1CCc2ncsc2C1)N1CCCc2ccccc21. The average Bonchev–Trinajstić information content (AvgIpc) is 3.01. The van der Waals surface area contributed by atoms with E-state index in [0.29, 0.717) is 5.91 Å². The number of fused-ring (bicyclic) bond motifs is 2. The summed E-state index contributed by atoms with van der Waals surface area (Å²) < 4.78 is 0. The van der Waals surface area contributed by atoms with Crippen LogP contribution in [0, 0.1) is 5.92 Å². The lowest BCUT2D eigenvalue weighted by molar-refractivity contribution is -0.122. The van der Waals surface area contributed by atoms with Gasteiger partial charge < -0.3 is 4.90 Å². The Bertz CT molecular complexity index is 679. The zero-order valence-electron chi connectivity index (χ0n) is 11.9. The van der Waals surface area contributed by atoms with Gasteiger partial charge in [-0.3, -0.25) is 4.79 Å². The van der Waals surface area contributed by atoms with Gasteiger partial charge in [0.25, 0.3) is 0 Å². The molecule has 3 nitrogen and oxygen atoms in total. The molecule has 1 unspecified atom stereocenters. The third-order valence-electron chi connectivity index (χ3n) is 4.61. The van der Waals surface area contributed by atoms with Crippen molar-refractivity contribution in [2.24, 2.45) is 5.92 Å². The third-order valence-corrected chi connectivity index (χ3v) is 5.51. The number of amides is 1. The van der Waals surface area contributed by atoms with Crippen molar-refractivity contribution in [2.45, 2.75) is 32.1 Å². The summed E-state index contributed by atoms with van der Waals surface area (Å²) in [5, 5.41) is 0. The topological polar surface area (TPSA) is 33.2 Å². The highest BCUT2D eigenvalue weighted by atomic mass is 32.1. The number of benzene rings is 1. The van der Waals surface area contributed by atoms with Crippen LogP contribution >= 0.6 is 11.3 Å². The maximum atomic E-state index is 13.0. The number of carbonyl (C=O) groups is 1. The van der Waals surface area contributed by atoms with Crippen LogP contribution in [-0.4, -0.2) is 17.4 Å². The third kappa shape index (κ3) is 2.27. The Labute approximate surface area is 128 Å². The van der Waals surface area contributed by atoms with Crippen LogP contribution in [0.1, 0.15) is 29.0 Å². The maximum absolute atomic E-state index is 13.0. The predicted molar refractivity (Wildman–Crippen MR) is 84.7 cm³/mol. The fraction of sp³-hybridized carbons (Fsp3) is 0.412. The van der Waals surface area contributed by atoms with Gasteiger partial charge in [0.05, 0.1) is 11.2 Å². The molecule has 1 aliphatic heterocycles. The Balaban J connectivity index is 1.59. The Morgan fingerprint density at radius 3 is 3.14 bits per heavy atom. The molecule has 21 heavy (non-hydrogen) atoms. The summed E-state index contributed by atoms with van der Waals surface area (Å²) >= 11 is 1.70. The fourth-order valence-corrected chi connectivity index (χ4v) is 4.39. The summed E-state index contributed by atoms with van der Waals surface area (Å²) in [6.45, 7) is 0.863. The highest BCUT2D eigenvalue weighted by molar-refractivity contribution is 7.09. The highest BCUT2D eigenvalue weighted by Gasteiger charge is 2.31. The molecule has 2 aliphatic rings. The molecule has 1 atom stereocenters. The van der Waals surface area contributed by atoms with Crippen LogP contribution in [-0.2, 0) is 24.1 Å². The number of carbonyl (C=O) groups excluding carboxylic acids is 1. The minimum atomic E-state index is 0.129. The number of nitrogens with zero attached hydrogens (tertiary/aromatic N) is 2. The number of aromatic nitrogens is 1. The molecule has 1 aliphatic carbocycles. The molecule has 2 aromatic rings. The molecule has 0 bridgehead atoms. The first-order chi connectivity index (χ1) is 10.3. The number of hydrogen-bond donors (Lipinski definition) is 0. The van der Waals surface area contributed by atoms with Crippen LogP contribution < -0.4 is 4.90 Å². The molecule has 1 aromatic carbocycles. The van der Waals surface area contributed by atoms with Crippen molar-refractivity contribution in [2.75, 3.05) is 11.4 Å². The quantitative estimate of drug-likeness (QED) is 0.810. The Morgan fingerprint density at radius 2 is 2.19 bits per heavy atom. The monoisotopic (exact) mass is 298 g/mol. The molecule has 4 rings (SSSR count). The van der Waals surface area contributed by atoms with Gasteiger partial charge >= 0.3 is 0 Å². The second-order valence-corrected chi connectivity index (χ2v) is 6.82. The molecule has 1 aromatic heterocycles. The van der Waals surface area contributed by atoms with Crippen molar-refractivity contribution >= 4 is 22.9 Å². The van der Waals surface area contributed by atoms with E-state index in [-0.39, 0.29) is 5.92 Å². The molecule has 0 saturated carbocycles. The Hall–Kier alpha value is -1.68. The van der Waals surface area contributed by atoms with E-state index in [1.54, 1.807) is 11.3 Å². The van der Waals surface area contributed by atoms with Crippen LogP contribution in [0.25, 0.3) is 0 Å². The van der Waals surface area contributed by atoms with Crippen LogP contribution in [0.4, 0.5) is 5.69 Å². The van der Waals surface area contributed by atoms with Gasteiger partial charge in [-0.2, -0.15) is 0 Å². The van der Waals surface area contributed by atoms with Gasteiger partial charge in [0.2, 0.25) is 5.91 Å². The molecule has 0 N–H and O–H groups in total. The summed E-state index contributed by atoms with van der Waals surface area (Å²) in [6, 6.07) is 8.34. The van der Waals surface area contributed by atoms with Crippen molar-refractivity contribution < 1.29 is 4.79 Å². The fourth-order valence-electron chi connectivity index (χ4n) is 3.49. The number of aryl methyl sites for hydroxylation is 2. The summed E-state index contributed by atoms with van der Waals surface area (Å²) in [5.74, 6) is 0.435. The van der Waals surface area contributed by atoms with Crippen LogP contribution in [0.15, 0.2) is 29.8 Å². The van der Waals surface area contributed by atoms with E-state index in [1.807, 2.05) is 16.5 Å². The number of thiazole rings is 1. The summed E-state index contributed by atoms with van der Waals surface area (Å²) in [5.41, 5.74) is 5.56. The largest absolute Gasteiger partial charge is 0.312 e. The van der Waals surface area contributed by atoms with Gasteiger partial charge in [-0.15, -0.1) is 11.3 Å². The second kappa shape index (κ2) is 5.26. The van der Waals surface area contributed by atoms with Crippen molar-refractivity contribution in [1.82, 2.24) is 4.98 Å². The Kier molecular flexibility index (Phi) is 3.26. The molecule has 0 spiro atoms. The first kappa shape index (κ1) is 13.0. The smallest absolute Gasteiger partial charge is 0.230 e.